The maximum atomic E-state index is 12.6. The molecule has 0 saturated carbocycles. The van der Waals surface area contributed by atoms with Gasteiger partial charge in [-0.3, -0.25) is 0 Å². The Morgan fingerprint density at radius 3 is 2.21 bits per heavy atom. The normalized spacial score (nSPS) is 10.4. The van der Waals surface area contributed by atoms with E-state index in [9.17, 15) is 9.59 Å². The highest BCUT2D eigenvalue weighted by molar-refractivity contribution is 6.18. The van der Waals surface area contributed by atoms with E-state index in [0.29, 0.717) is 35.2 Å². The standard InChI is InChI=1S/C21H19ClN2O5/c1-27-20(25)17-18(14-8-10-16(11-9-14)29-13-12-22)23-24(19(17)21(26)28-2)15-6-4-3-5-7-15/h3-11H,12-13H2,1-2H3. The van der Waals surface area contributed by atoms with Crippen molar-refractivity contribution < 1.29 is 23.8 Å². The number of carbonyl (C=O) groups is 2. The number of halogens is 1. The summed E-state index contributed by atoms with van der Waals surface area (Å²) >= 11 is 5.64. The Hall–Kier alpha value is -3.32. The lowest BCUT2D eigenvalue weighted by molar-refractivity contribution is 0.0549. The summed E-state index contributed by atoms with van der Waals surface area (Å²) in [5.74, 6) is -0.386. The number of para-hydroxylation sites is 1. The molecule has 0 spiro atoms. The Morgan fingerprint density at radius 2 is 1.62 bits per heavy atom. The summed E-state index contributed by atoms with van der Waals surface area (Å²) < 4.78 is 16.7. The zero-order chi connectivity index (χ0) is 20.8. The van der Waals surface area contributed by atoms with Gasteiger partial charge in [0.15, 0.2) is 5.69 Å². The van der Waals surface area contributed by atoms with Crippen molar-refractivity contribution >= 4 is 23.5 Å². The van der Waals surface area contributed by atoms with Crippen LogP contribution in [-0.4, -0.2) is 48.4 Å². The van der Waals surface area contributed by atoms with E-state index in [1.807, 2.05) is 6.07 Å². The smallest absolute Gasteiger partial charge is 0.357 e. The van der Waals surface area contributed by atoms with Gasteiger partial charge in [-0.15, -0.1) is 11.6 Å². The summed E-state index contributed by atoms with van der Waals surface area (Å²) in [4.78, 5) is 25.1. The van der Waals surface area contributed by atoms with Crippen LogP contribution in [0.2, 0.25) is 0 Å². The number of ether oxygens (including phenoxy) is 3. The predicted octanol–water partition coefficient (Wildman–Crippen LogP) is 3.73. The van der Waals surface area contributed by atoms with Crippen LogP contribution >= 0.6 is 11.6 Å². The fourth-order valence-electron chi connectivity index (χ4n) is 2.82. The average Bonchev–Trinajstić information content (AvgIpc) is 3.18. The third kappa shape index (κ3) is 4.25. The molecule has 0 amide bonds. The molecular formula is C21H19ClN2O5. The van der Waals surface area contributed by atoms with Crippen molar-refractivity contribution in [2.24, 2.45) is 0 Å². The van der Waals surface area contributed by atoms with Gasteiger partial charge in [-0.25, -0.2) is 14.3 Å². The zero-order valence-corrected chi connectivity index (χ0v) is 16.7. The first-order valence-electron chi connectivity index (χ1n) is 8.75. The number of carbonyl (C=O) groups excluding carboxylic acids is 2. The van der Waals surface area contributed by atoms with Crippen molar-refractivity contribution in [2.75, 3.05) is 26.7 Å². The Kier molecular flexibility index (Phi) is 6.51. The van der Waals surface area contributed by atoms with E-state index in [4.69, 9.17) is 25.8 Å². The van der Waals surface area contributed by atoms with Crippen LogP contribution in [0.1, 0.15) is 20.8 Å². The quantitative estimate of drug-likeness (QED) is 0.433. The van der Waals surface area contributed by atoms with Crippen molar-refractivity contribution in [3.8, 4) is 22.7 Å². The molecule has 0 aliphatic rings. The largest absolute Gasteiger partial charge is 0.492 e. The van der Waals surface area contributed by atoms with Gasteiger partial charge >= 0.3 is 11.9 Å². The van der Waals surface area contributed by atoms with E-state index in [-0.39, 0.29) is 11.3 Å². The maximum Gasteiger partial charge on any atom is 0.357 e. The van der Waals surface area contributed by atoms with E-state index in [1.165, 1.54) is 18.9 Å². The van der Waals surface area contributed by atoms with Gasteiger partial charge in [0.2, 0.25) is 0 Å². The monoisotopic (exact) mass is 414 g/mol. The number of rotatable bonds is 7. The van der Waals surface area contributed by atoms with Gasteiger partial charge in [-0.1, -0.05) is 18.2 Å². The number of esters is 2. The summed E-state index contributed by atoms with van der Waals surface area (Å²) in [6.07, 6.45) is 0. The van der Waals surface area contributed by atoms with E-state index in [1.54, 1.807) is 48.5 Å². The molecule has 0 atom stereocenters. The zero-order valence-electron chi connectivity index (χ0n) is 15.9. The molecule has 0 N–H and O–H groups in total. The Bertz CT molecular complexity index is 1000. The number of hydrogen-bond donors (Lipinski definition) is 0. The van der Waals surface area contributed by atoms with Crippen LogP contribution in [0.4, 0.5) is 0 Å². The molecule has 0 bridgehead atoms. The van der Waals surface area contributed by atoms with Crippen molar-refractivity contribution in [2.45, 2.75) is 0 Å². The van der Waals surface area contributed by atoms with E-state index in [2.05, 4.69) is 5.10 Å². The molecule has 0 saturated heterocycles. The molecule has 0 fully saturated rings. The van der Waals surface area contributed by atoms with Crippen molar-refractivity contribution in [1.29, 1.82) is 0 Å². The minimum absolute atomic E-state index is 0.0111. The van der Waals surface area contributed by atoms with Gasteiger partial charge in [0.25, 0.3) is 0 Å². The highest BCUT2D eigenvalue weighted by Crippen LogP contribution is 2.30. The lowest BCUT2D eigenvalue weighted by Crippen LogP contribution is -2.15. The molecule has 3 aromatic rings. The van der Waals surface area contributed by atoms with Gasteiger partial charge < -0.3 is 14.2 Å². The SMILES string of the molecule is COC(=O)c1c(-c2ccc(OCCCl)cc2)nn(-c2ccccc2)c1C(=O)OC. The number of hydrogen-bond acceptors (Lipinski definition) is 6. The lowest BCUT2D eigenvalue weighted by Gasteiger charge is -2.07. The third-order valence-corrected chi connectivity index (χ3v) is 4.28. The van der Waals surface area contributed by atoms with E-state index in [0.717, 1.165) is 0 Å². The summed E-state index contributed by atoms with van der Waals surface area (Å²) in [5, 5.41) is 4.53. The van der Waals surface area contributed by atoms with Crippen LogP contribution in [0.5, 0.6) is 5.75 Å². The molecular weight excluding hydrogens is 396 g/mol. The molecule has 8 heteroatoms. The fraction of sp³-hybridized carbons (Fsp3) is 0.190. The number of benzene rings is 2. The molecule has 0 radical (unpaired) electrons. The van der Waals surface area contributed by atoms with Gasteiger partial charge in [-0.05, 0) is 36.4 Å². The van der Waals surface area contributed by atoms with E-state index >= 15 is 0 Å². The van der Waals surface area contributed by atoms with Gasteiger partial charge in [0.05, 0.1) is 25.8 Å². The predicted molar refractivity (Wildman–Crippen MR) is 108 cm³/mol. The van der Waals surface area contributed by atoms with Crippen molar-refractivity contribution in [3.05, 3.63) is 65.9 Å². The van der Waals surface area contributed by atoms with Gasteiger partial charge in [0.1, 0.15) is 23.6 Å². The first kappa shape index (κ1) is 20.4. The van der Waals surface area contributed by atoms with Crippen LogP contribution in [0.25, 0.3) is 16.9 Å². The number of nitrogens with zero attached hydrogens (tertiary/aromatic N) is 2. The second-order valence-corrected chi connectivity index (χ2v) is 6.24. The Balaban J connectivity index is 2.19. The van der Waals surface area contributed by atoms with Gasteiger partial charge in [-0.2, -0.15) is 5.10 Å². The number of aromatic nitrogens is 2. The fourth-order valence-corrected chi connectivity index (χ4v) is 2.90. The van der Waals surface area contributed by atoms with Crippen LogP contribution in [0.15, 0.2) is 54.6 Å². The molecule has 150 valence electrons. The number of methoxy groups -OCH3 is 2. The summed E-state index contributed by atoms with van der Waals surface area (Å²) in [6.45, 7) is 0.378. The molecule has 0 aliphatic carbocycles. The summed E-state index contributed by atoms with van der Waals surface area (Å²) in [7, 11) is 2.49. The molecule has 0 unspecified atom stereocenters. The molecule has 1 heterocycles. The Morgan fingerprint density at radius 1 is 0.966 bits per heavy atom. The van der Waals surface area contributed by atoms with Crippen LogP contribution in [-0.2, 0) is 9.47 Å². The first-order chi connectivity index (χ1) is 14.1. The van der Waals surface area contributed by atoms with Crippen molar-refractivity contribution in [1.82, 2.24) is 9.78 Å². The van der Waals surface area contributed by atoms with Crippen LogP contribution < -0.4 is 4.74 Å². The highest BCUT2D eigenvalue weighted by Gasteiger charge is 2.31. The summed E-state index contributed by atoms with van der Waals surface area (Å²) in [6, 6.07) is 16.0. The average molecular weight is 415 g/mol. The topological polar surface area (TPSA) is 79.7 Å². The van der Waals surface area contributed by atoms with Crippen LogP contribution in [0, 0.1) is 0 Å². The molecule has 1 aromatic heterocycles. The molecule has 7 nitrogen and oxygen atoms in total. The van der Waals surface area contributed by atoms with Crippen LogP contribution in [0.3, 0.4) is 0 Å². The highest BCUT2D eigenvalue weighted by atomic mass is 35.5. The minimum atomic E-state index is -0.699. The minimum Gasteiger partial charge on any atom is -0.492 e. The lowest BCUT2D eigenvalue weighted by atomic mass is 10.1. The van der Waals surface area contributed by atoms with Crippen molar-refractivity contribution in [3.63, 3.8) is 0 Å². The Labute approximate surface area is 172 Å². The second kappa shape index (κ2) is 9.25. The summed E-state index contributed by atoms with van der Waals surface area (Å²) in [5.41, 5.74) is 1.53. The van der Waals surface area contributed by atoms with Gasteiger partial charge in [0, 0.05) is 5.56 Å². The molecule has 29 heavy (non-hydrogen) atoms. The maximum absolute atomic E-state index is 12.6. The van der Waals surface area contributed by atoms with E-state index < -0.39 is 11.9 Å². The second-order valence-electron chi connectivity index (χ2n) is 5.86. The third-order valence-electron chi connectivity index (χ3n) is 4.13. The first-order valence-corrected chi connectivity index (χ1v) is 9.28. The molecule has 0 aliphatic heterocycles. The molecule has 3 rings (SSSR count). The number of alkyl halides is 1. The molecule has 2 aromatic carbocycles.